The van der Waals surface area contributed by atoms with Gasteiger partial charge in [-0.1, -0.05) is 36.4 Å². The number of benzene rings is 1. The molecule has 0 aliphatic rings. The van der Waals surface area contributed by atoms with Gasteiger partial charge >= 0.3 is 0 Å². The second-order valence-electron chi connectivity index (χ2n) is 4.58. The van der Waals surface area contributed by atoms with Crippen molar-refractivity contribution in [3.05, 3.63) is 81.1 Å². The van der Waals surface area contributed by atoms with Crippen LogP contribution in [0.4, 0.5) is 0 Å². The van der Waals surface area contributed by atoms with Gasteiger partial charge in [-0.3, -0.25) is 9.78 Å². The second-order valence-corrected chi connectivity index (χ2v) is 5.37. The lowest BCUT2D eigenvalue weighted by Crippen LogP contribution is -2.14. The van der Waals surface area contributed by atoms with Crippen molar-refractivity contribution in [1.29, 1.82) is 0 Å². The largest absolute Gasteiger partial charge is 0.309 e. The number of nitrogens with one attached hydrogen (secondary N) is 1. The summed E-state index contributed by atoms with van der Waals surface area (Å²) in [5, 5.41) is 0. The van der Waals surface area contributed by atoms with Crippen molar-refractivity contribution in [3.8, 4) is 11.3 Å². The van der Waals surface area contributed by atoms with Crippen LogP contribution in [-0.2, 0) is 6.42 Å². The van der Waals surface area contributed by atoms with Crippen molar-refractivity contribution in [2.45, 2.75) is 6.42 Å². The molecule has 0 saturated carbocycles. The number of aromatic nitrogens is 3. The molecule has 0 bridgehead atoms. The third kappa shape index (κ3) is 3.08. The van der Waals surface area contributed by atoms with E-state index in [4.69, 9.17) is 0 Å². The Morgan fingerprint density at radius 3 is 2.62 bits per heavy atom. The first-order valence-corrected chi connectivity index (χ1v) is 7.26. The molecule has 0 saturated heterocycles. The second kappa shape index (κ2) is 6.01. The van der Waals surface area contributed by atoms with Gasteiger partial charge in [-0.2, -0.15) is 0 Å². The fourth-order valence-electron chi connectivity index (χ4n) is 2.07. The van der Waals surface area contributed by atoms with E-state index >= 15 is 0 Å². The number of halogens is 1. The SMILES string of the molecule is O=c1[nH]c(Cc2cccnc2)nc(-c2ccccc2)c1Br. The Kier molecular flexibility index (Phi) is 3.92. The van der Waals surface area contributed by atoms with Gasteiger partial charge < -0.3 is 4.98 Å². The Morgan fingerprint density at radius 2 is 1.90 bits per heavy atom. The summed E-state index contributed by atoms with van der Waals surface area (Å²) < 4.78 is 0.448. The molecule has 2 heterocycles. The van der Waals surface area contributed by atoms with Gasteiger partial charge in [0, 0.05) is 24.4 Å². The highest BCUT2D eigenvalue weighted by Crippen LogP contribution is 2.23. The zero-order valence-electron chi connectivity index (χ0n) is 11.1. The van der Waals surface area contributed by atoms with Gasteiger partial charge in [0.05, 0.1) is 5.69 Å². The first kappa shape index (κ1) is 13.7. The van der Waals surface area contributed by atoms with Crippen LogP contribution in [0.5, 0.6) is 0 Å². The Labute approximate surface area is 130 Å². The summed E-state index contributed by atoms with van der Waals surface area (Å²) >= 11 is 3.32. The topological polar surface area (TPSA) is 58.6 Å². The van der Waals surface area contributed by atoms with Crippen molar-refractivity contribution >= 4 is 15.9 Å². The van der Waals surface area contributed by atoms with E-state index in [0.717, 1.165) is 11.1 Å². The Bertz CT molecular complexity index is 801. The van der Waals surface area contributed by atoms with Gasteiger partial charge in [-0.15, -0.1) is 0 Å². The lowest BCUT2D eigenvalue weighted by Gasteiger charge is -2.07. The van der Waals surface area contributed by atoms with Crippen LogP contribution in [0.3, 0.4) is 0 Å². The maximum Gasteiger partial charge on any atom is 0.265 e. The minimum Gasteiger partial charge on any atom is -0.309 e. The molecule has 1 N–H and O–H groups in total. The number of hydrogen-bond donors (Lipinski definition) is 1. The molecular formula is C16H12BrN3O. The van der Waals surface area contributed by atoms with Crippen molar-refractivity contribution in [2.24, 2.45) is 0 Å². The zero-order chi connectivity index (χ0) is 14.7. The van der Waals surface area contributed by atoms with E-state index in [9.17, 15) is 4.79 Å². The van der Waals surface area contributed by atoms with Crippen LogP contribution in [-0.4, -0.2) is 15.0 Å². The van der Waals surface area contributed by atoms with Gasteiger partial charge in [-0.05, 0) is 27.6 Å². The van der Waals surface area contributed by atoms with Gasteiger partial charge in [-0.25, -0.2) is 4.98 Å². The molecule has 104 valence electrons. The van der Waals surface area contributed by atoms with Crippen LogP contribution in [0.15, 0.2) is 64.1 Å². The third-order valence-corrected chi connectivity index (χ3v) is 3.79. The van der Waals surface area contributed by atoms with Crippen molar-refractivity contribution in [3.63, 3.8) is 0 Å². The molecule has 0 atom stereocenters. The highest BCUT2D eigenvalue weighted by Gasteiger charge is 2.11. The van der Waals surface area contributed by atoms with Crippen molar-refractivity contribution in [1.82, 2.24) is 15.0 Å². The molecule has 0 unspecified atom stereocenters. The smallest absolute Gasteiger partial charge is 0.265 e. The summed E-state index contributed by atoms with van der Waals surface area (Å²) in [6, 6.07) is 13.5. The quantitative estimate of drug-likeness (QED) is 0.795. The lowest BCUT2D eigenvalue weighted by atomic mass is 10.1. The molecule has 0 aliphatic heterocycles. The summed E-state index contributed by atoms with van der Waals surface area (Å²) in [5.74, 6) is 0.620. The van der Waals surface area contributed by atoms with Gasteiger partial charge in [0.25, 0.3) is 5.56 Å². The number of hydrogen-bond acceptors (Lipinski definition) is 3. The van der Waals surface area contributed by atoms with E-state index in [1.54, 1.807) is 12.4 Å². The lowest BCUT2D eigenvalue weighted by molar-refractivity contribution is 0.937. The molecule has 0 amide bonds. The predicted octanol–water partition coefficient (Wildman–Crippen LogP) is 3.19. The van der Waals surface area contributed by atoms with Crippen LogP contribution in [0, 0.1) is 0 Å². The third-order valence-electron chi connectivity index (χ3n) is 3.05. The van der Waals surface area contributed by atoms with E-state index in [0.29, 0.717) is 22.4 Å². The summed E-state index contributed by atoms with van der Waals surface area (Å²) in [7, 11) is 0. The fraction of sp³-hybridized carbons (Fsp3) is 0.0625. The number of aromatic amines is 1. The first-order valence-electron chi connectivity index (χ1n) is 6.47. The number of pyridine rings is 1. The fourth-order valence-corrected chi connectivity index (χ4v) is 2.49. The van der Waals surface area contributed by atoms with Crippen LogP contribution in [0.1, 0.15) is 11.4 Å². The van der Waals surface area contributed by atoms with E-state index in [1.165, 1.54) is 0 Å². The van der Waals surface area contributed by atoms with E-state index in [2.05, 4.69) is 30.9 Å². The Hall–Kier alpha value is -2.27. The molecule has 3 aromatic rings. The maximum absolute atomic E-state index is 12.1. The molecule has 0 radical (unpaired) electrons. The Balaban J connectivity index is 2.04. The molecule has 0 spiro atoms. The van der Waals surface area contributed by atoms with Crippen LogP contribution >= 0.6 is 15.9 Å². The van der Waals surface area contributed by atoms with Crippen molar-refractivity contribution < 1.29 is 0 Å². The molecule has 4 nitrogen and oxygen atoms in total. The van der Waals surface area contributed by atoms with Crippen LogP contribution < -0.4 is 5.56 Å². The Morgan fingerprint density at radius 1 is 1.10 bits per heavy atom. The minimum atomic E-state index is -0.178. The highest BCUT2D eigenvalue weighted by atomic mass is 79.9. The molecule has 21 heavy (non-hydrogen) atoms. The molecule has 0 aliphatic carbocycles. The number of H-pyrrole nitrogens is 1. The van der Waals surface area contributed by atoms with Gasteiger partial charge in [0.15, 0.2) is 0 Å². The average molecular weight is 342 g/mol. The molecule has 5 heteroatoms. The molecule has 2 aromatic heterocycles. The van der Waals surface area contributed by atoms with Gasteiger partial charge in [0.2, 0.25) is 0 Å². The molecule has 3 rings (SSSR count). The van der Waals surface area contributed by atoms with E-state index in [-0.39, 0.29) is 5.56 Å². The summed E-state index contributed by atoms with van der Waals surface area (Å²) in [5.41, 5.74) is 2.38. The molecular weight excluding hydrogens is 330 g/mol. The molecule has 0 fully saturated rings. The maximum atomic E-state index is 12.1. The van der Waals surface area contributed by atoms with E-state index in [1.807, 2.05) is 42.5 Å². The normalized spacial score (nSPS) is 10.5. The predicted molar refractivity (Wildman–Crippen MR) is 85.0 cm³/mol. The summed E-state index contributed by atoms with van der Waals surface area (Å²) in [4.78, 5) is 23.5. The van der Waals surface area contributed by atoms with Crippen LogP contribution in [0.25, 0.3) is 11.3 Å². The van der Waals surface area contributed by atoms with Crippen molar-refractivity contribution in [2.75, 3.05) is 0 Å². The highest BCUT2D eigenvalue weighted by molar-refractivity contribution is 9.10. The summed E-state index contributed by atoms with van der Waals surface area (Å²) in [6.07, 6.45) is 4.02. The zero-order valence-corrected chi connectivity index (χ0v) is 12.7. The minimum absolute atomic E-state index is 0.178. The monoisotopic (exact) mass is 341 g/mol. The van der Waals surface area contributed by atoms with Gasteiger partial charge in [0.1, 0.15) is 10.3 Å². The standard InChI is InChI=1S/C16H12BrN3O/c17-14-15(12-6-2-1-3-7-12)19-13(20-16(14)21)9-11-5-4-8-18-10-11/h1-8,10H,9H2,(H,19,20,21). The van der Waals surface area contributed by atoms with E-state index < -0.39 is 0 Å². The first-order chi connectivity index (χ1) is 10.2. The average Bonchev–Trinajstić information content (AvgIpc) is 2.52. The number of nitrogens with zero attached hydrogens (tertiary/aromatic N) is 2. The summed E-state index contributed by atoms with van der Waals surface area (Å²) in [6.45, 7) is 0. The van der Waals surface area contributed by atoms with Crippen LogP contribution in [0.2, 0.25) is 0 Å². The molecule has 1 aromatic carbocycles. The number of rotatable bonds is 3.